The van der Waals surface area contributed by atoms with Gasteiger partial charge in [0.2, 0.25) is 5.13 Å². The van der Waals surface area contributed by atoms with E-state index in [2.05, 4.69) is 20.2 Å². The minimum Gasteiger partial charge on any atom is -0.284 e. The molecule has 3 heterocycles. The van der Waals surface area contributed by atoms with E-state index in [1.54, 1.807) is 43.8 Å². The largest absolute Gasteiger partial charge is 0.284 e. The summed E-state index contributed by atoms with van der Waals surface area (Å²) in [6.45, 7) is 0. The van der Waals surface area contributed by atoms with Crippen LogP contribution in [0.1, 0.15) is 10.5 Å². The Hall–Kier alpha value is -2.67. The molecule has 21 heavy (non-hydrogen) atoms. The van der Waals surface area contributed by atoms with Crippen LogP contribution in [0, 0.1) is 0 Å². The molecule has 104 valence electrons. The molecule has 3 aromatic rings. The number of rotatable bonds is 3. The fourth-order valence-corrected chi connectivity index (χ4v) is 2.52. The van der Waals surface area contributed by atoms with Crippen molar-refractivity contribution in [3.63, 3.8) is 0 Å². The molecule has 0 bridgehead atoms. The highest BCUT2D eigenvalue weighted by atomic mass is 32.1. The van der Waals surface area contributed by atoms with Crippen LogP contribution in [-0.4, -0.2) is 33.1 Å². The van der Waals surface area contributed by atoms with Crippen LogP contribution in [0.5, 0.6) is 0 Å². The van der Waals surface area contributed by atoms with Crippen LogP contribution in [0.25, 0.3) is 10.6 Å². The first-order chi connectivity index (χ1) is 10.3. The monoisotopic (exact) mass is 297 g/mol. The molecule has 1 amide bonds. The molecule has 3 rings (SSSR count). The lowest BCUT2D eigenvalue weighted by molar-refractivity contribution is 0.0988. The molecule has 0 spiro atoms. The second-order valence-corrected chi connectivity index (χ2v) is 5.16. The predicted molar refractivity (Wildman–Crippen MR) is 80.1 cm³/mol. The van der Waals surface area contributed by atoms with Crippen molar-refractivity contribution in [1.29, 1.82) is 0 Å². The van der Waals surface area contributed by atoms with Gasteiger partial charge in [0.05, 0.1) is 0 Å². The maximum Gasteiger partial charge on any atom is 0.278 e. The van der Waals surface area contributed by atoms with E-state index in [0.29, 0.717) is 10.8 Å². The highest BCUT2D eigenvalue weighted by Crippen LogP contribution is 2.28. The second kappa shape index (κ2) is 5.76. The molecular formula is C14H11N5OS. The van der Waals surface area contributed by atoms with Gasteiger partial charge in [0, 0.05) is 31.2 Å². The molecule has 0 N–H and O–H groups in total. The van der Waals surface area contributed by atoms with E-state index >= 15 is 0 Å². The Balaban J connectivity index is 1.85. The molecule has 0 atom stereocenters. The number of nitrogens with zero attached hydrogens (tertiary/aromatic N) is 5. The fourth-order valence-electron chi connectivity index (χ4n) is 1.71. The van der Waals surface area contributed by atoms with Gasteiger partial charge in [-0.1, -0.05) is 17.4 Å². The summed E-state index contributed by atoms with van der Waals surface area (Å²) in [5.74, 6) is -0.215. The molecule has 6 nitrogen and oxygen atoms in total. The molecule has 7 heteroatoms. The molecule has 0 saturated heterocycles. The normalized spacial score (nSPS) is 10.3. The topological polar surface area (TPSA) is 71.9 Å². The van der Waals surface area contributed by atoms with Crippen molar-refractivity contribution in [3.05, 3.63) is 54.6 Å². The zero-order valence-corrected chi connectivity index (χ0v) is 12.0. The van der Waals surface area contributed by atoms with Crippen molar-refractivity contribution in [2.24, 2.45) is 0 Å². The highest BCUT2D eigenvalue weighted by molar-refractivity contribution is 7.18. The number of carbonyl (C=O) groups is 1. The summed E-state index contributed by atoms with van der Waals surface area (Å²) in [6, 6.07) is 8.92. The number of hydrogen-bond donors (Lipinski definition) is 0. The lowest BCUT2D eigenvalue weighted by atomic mass is 10.3. The van der Waals surface area contributed by atoms with Crippen LogP contribution < -0.4 is 4.90 Å². The first-order valence-electron chi connectivity index (χ1n) is 6.18. The van der Waals surface area contributed by atoms with Gasteiger partial charge < -0.3 is 0 Å². The number of pyridine rings is 2. The van der Waals surface area contributed by atoms with Crippen LogP contribution in [0.15, 0.2) is 48.9 Å². The zero-order chi connectivity index (χ0) is 14.7. The smallest absolute Gasteiger partial charge is 0.278 e. The van der Waals surface area contributed by atoms with E-state index in [1.807, 2.05) is 12.1 Å². The maximum absolute atomic E-state index is 12.3. The number of anilines is 1. The zero-order valence-electron chi connectivity index (χ0n) is 11.2. The Labute approximate surface area is 125 Å². The van der Waals surface area contributed by atoms with Crippen molar-refractivity contribution in [2.75, 3.05) is 11.9 Å². The molecule has 0 aliphatic rings. The second-order valence-electron chi connectivity index (χ2n) is 4.20. The fraction of sp³-hybridized carbons (Fsp3) is 0.0714. The van der Waals surface area contributed by atoms with Crippen molar-refractivity contribution in [1.82, 2.24) is 20.2 Å². The number of hydrogen-bond acceptors (Lipinski definition) is 6. The highest BCUT2D eigenvalue weighted by Gasteiger charge is 2.18. The molecule has 0 radical (unpaired) electrons. The SMILES string of the molecule is CN(C(=O)c1ccccn1)c1nnc(-c2ccncc2)s1. The van der Waals surface area contributed by atoms with E-state index in [1.165, 1.54) is 16.2 Å². The van der Waals surface area contributed by atoms with Crippen LogP contribution in [0.3, 0.4) is 0 Å². The lowest BCUT2D eigenvalue weighted by Gasteiger charge is -2.11. The molecular weight excluding hydrogens is 286 g/mol. The first kappa shape index (κ1) is 13.3. The summed E-state index contributed by atoms with van der Waals surface area (Å²) in [5, 5.41) is 9.44. The summed E-state index contributed by atoms with van der Waals surface area (Å²) in [5.41, 5.74) is 1.30. The van der Waals surface area contributed by atoms with E-state index < -0.39 is 0 Å². The van der Waals surface area contributed by atoms with Crippen molar-refractivity contribution < 1.29 is 4.79 Å². The number of aromatic nitrogens is 4. The van der Waals surface area contributed by atoms with Gasteiger partial charge in [-0.05, 0) is 24.3 Å². The van der Waals surface area contributed by atoms with Gasteiger partial charge in [0.1, 0.15) is 10.7 Å². The van der Waals surface area contributed by atoms with E-state index in [9.17, 15) is 4.79 Å². The molecule has 0 aliphatic carbocycles. The van der Waals surface area contributed by atoms with Crippen LogP contribution in [0.2, 0.25) is 0 Å². The third-order valence-electron chi connectivity index (χ3n) is 2.82. The summed E-state index contributed by atoms with van der Waals surface area (Å²) in [4.78, 5) is 21.7. The number of carbonyl (C=O) groups excluding carboxylic acids is 1. The van der Waals surface area contributed by atoms with Gasteiger partial charge in [-0.3, -0.25) is 19.7 Å². The molecule has 3 aromatic heterocycles. The third-order valence-corrected chi connectivity index (χ3v) is 3.87. The van der Waals surface area contributed by atoms with Gasteiger partial charge in [-0.15, -0.1) is 10.2 Å². The summed E-state index contributed by atoms with van der Waals surface area (Å²) in [6.07, 6.45) is 4.97. The Morgan fingerprint density at radius 1 is 1.10 bits per heavy atom. The van der Waals surface area contributed by atoms with E-state index in [4.69, 9.17) is 0 Å². The Morgan fingerprint density at radius 3 is 2.62 bits per heavy atom. The van der Waals surface area contributed by atoms with Gasteiger partial charge >= 0.3 is 0 Å². The average molecular weight is 297 g/mol. The van der Waals surface area contributed by atoms with E-state index in [-0.39, 0.29) is 5.91 Å². The summed E-state index contributed by atoms with van der Waals surface area (Å²) >= 11 is 1.34. The van der Waals surface area contributed by atoms with Gasteiger partial charge in [0.15, 0.2) is 0 Å². The van der Waals surface area contributed by atoms with Crippen molar-refractivity contribution in [2.45, 2.75) is 0 Å². The first-order valence-corrected chi connectivity index (χ1v) is 7.00. The Bertz CT molecular complexity index is 744. The molecule has 0 aromatic carbocycles. The molecule has 0 aliphatic heterocycles. The molecule has 0 saturated carbocycles. The van der Waals surface area contributed by atoms with Gasteiger partial charge in [-0.25, -0.2) is 0 Å². The van der Waals surface area contributed by atoms with E-state index in [0.717, 1.165) is 10.6 Å². The van der Waals surface area contributed by atoms with Crippen LogP contribution in [-0.2, 0) is 0 Å². The Morgan fingerprint density at radius 2 is 1.90 bits per heavy atom. The molecule has 0 unspecified atom stereocenters. The average Bonchev–Trinajstić information content (AvgIpc) is 3.05. The van der Waals surface area contributed by atoms with Gasteiger partial charge in [-0.2, -0.15) is 0 Å². The lowest BCUT2D eigenvalue weighted by Crippen LogP contribution is -2.26. The number of amides is 1. The molecule has 0 fully saturated rings. The van der Waals surface area contributed by atoms with Gasteiger partial charge in [0.25, 0.3) is 5.91 Å². The van der Waals surface area contributed by atoms with Crippen LogP contribution >= 0.6 is 11.3 Å². The maximum atomic E-state index is 12.3. The minimum absolute atomic E-state index is 0.215. The van der Waals surface area contributed by atoms with Crippen molar-refractivity contribution >= 4 is 22.4 Å². The van der Waals surface area contributed by atoms with Crippen molar-refractivity contribution in [3.8, 4) is 10.6 Å². The summed E-state index contributed by atoms with van der Waals surface area (Å²) < 4.78 is 0. The standard InChI is InChI=1S/C14H11N5OS/c1-19(13(20)11-4-2-3-7-16-11)14-18-17-12(21-14)10-5-8-15-9-6-10/h2-9H,1H3. The minimum atomic E-state index is -0.215. The quantitative estimate of drug-likeness (QED) is 0.741. The van der Waals surface area contributed by atoms with Crippen LogP contribution in [0.4, 0.5) is 5.13 Å². The summed E-state index contributed by atoms with van der Waals surface area (Å²) in [7, 11) is 1.66. The Kier molecular flexibility index (Phi) is 3.65. The third kappa shape index (κ3) is 2.77. The predicted octanol–water partition coefficient (Wildman–Crippen LogP) is 2.27.